The number of carboxylic acid groups (broad SMARTS) is 1. The summed E-state index contributed by atoms with van der Waals surface area (Å²) in [5.74, 6) is -0.874. The van der Waals surface area contributed by atoms with E-state index >= 15 is 0 Å². The molecule has 6 heteroatoms. The molecule has 0 atom stereocenters. The van der Waals surface area contributed by atoms with Crippen LogP contribution in [0.1, 0.15) is 33.2 Å². The summed E-state index contributed by atoms with van der Waals surface area (Å²) in [4.78, 5) is 28.6. The molecule has 0 bridgehead atoms. The highest BCUT2D eigenvalue weighted by atomic mass is 16.4. The van der Waals surface area contributed by atoms with Crippen LogP contribution >= 0.6 is 0 Å². The molecule has 2 heterocycles. The Balaban J connectivity index is 2.43. The summed E-state index contributed by atoms with van der Waals surface area (Å²) in [6.45, 7) is 3.06. The van der Waals surface area contributed by atoms with Crippen LogP contribution in [0.25, 0.3) is 0 Å². The minimum atomic E-state index is -1.12. The quantitative estimate of drug-likeness (QED) is 0.781. The number of aromatic nitrogens is 2. The van der Waals surface area contributed by atoms with Gasteiger partial charge in [0.15, 0.2) is 11.4 Å². The van der Waals surface area contributed by atoms with Gasteiger partial charge in [0.1, 0.15) is 5.82 Å². The number of carboxylic acids is 1. The lowest BCUT2D eigenvalue weighted by Gasteiger charge is -2.30. The Bertz CT molecular complexity index is 460. The van der Waals surface area contributed by atoms with E-state index < -0.39 is 5.97 Å². The lowest BCUT2D eigenvalue weighted by Crippen LogP contribution is -2.42. The van der Waals surface area contributed by atoms with Gasteiger partial charge in [-0.15, -0.1) is 0 Å². The molecule has 1 aliphatic heterocycles. The monoisotopic (exact) mass is 223 g/mol. The molecular weight excluding hydrogens is 210 g/mol. The number of carbonyl (C=O) groups excluding carboxylic acids is 1. The number of carbonyl (C=O) groups is 2. The van der Waals surface area contributed by atoms with Crippen molar-refractivity contribution < 1.29 is 14.7 Å². The Kier molecular flexibility index (Phi) is 2.41. The van der Waals surface area contributed by atoms with E-state index in [0.29, 0.717) is 18.9 Å². The molecule has 1 aromatic heterocycles. The minimum absolute atomic E-state index is 0.0330. The number of rotatable bonds is 2. The van der Waals surface area contributed by atoms with E-state index in [0.717, 1.165) is 6.42 Å². The van der Waals surface area contributed by atoms with Crippen molar-refractivity contribution in [3.05, 3.63) is 17.2 Å². The first-order chi connectivity index (χ1) is 7.52. The fourth-order valence-electron chi connectivity index (χ4n) is 1.67. The third-order valence-corrected chi connectivity index (χ3v) is 2.87. The average molecular weight is 223 g/mol. The number of aromatic carboxylic acids is 1. The zero-order valence-corrected chi connectivity index (χ0v) is 9.23. The van der Waals surface area contributed by atoms with Crippen LogP contribution in [-0.4, -0.2) is 44.5 Å². The van der Waals surface area contributed by atoms with Crippen molar-refractivity contribution in [2.45, 2.75) is 13.3 Å². The lowest BCUT2D eigenvalue weighted by molar-refractivity contribution is 0.0617. The van der Waals surface area contributed by atoms with Gasteiger partial charge >= 0.3 is 5.97 Å². The molecule has 0 aliphatic carbocycles. The molecule has 1 fully saturated rings. The summed E-state index contributed by atoms with van der Waals surface area (Å²) < 4.78 is 1.43. The molecule has 6 nitrogen and oxygen atoms in total. The van der Waals surface area contributed by atoms with Gasteiger partial charge in [0.25, 0.3) is 5.91 Å². The molecule has 1 aliphatic rings. The van der Waals surface area contributed by atoms with E-state index in [-0.39, 0.29) is 17.3 Å². The second-order valence-electron chi connectivity index (χ2n) is 3.87. The van der Waals surface area contributed by atoms with Gasteiger partial charge in [0, 0.05) is 20.1 Å². The van der Waals surface area contributed by atoms with Crippen LogP contribution in [0.15, 0.2) is 0 Å². The summed E-state index contributed by atoms with van der Waals surface area (Å²) >= 11 is 0. The van der Waals surface area contributed by atoms with Crippen LogP contribution in [0, 0.1) is 6.92 Å². The van der Waals surface area contributed by atoms with Gasteiger partial charge in [-0.25, -0.2) is 9.78 Å². The second kappa shape index (κ2) is 3.62. The topological polar surface area (TPSA) is 75.4 Å². The maximum atomic E-state index is 11.9. The SMILES string of the molecule is Cc1nc(C(=O)N2CCC2)c(C(=O)O)n1C. The molecule has 1 saturated heterocycles. The summed E-state index contributed by atoms with van der Waals surface area (Å²) in [5.41, 5.74) is 0.0154. The maximum absolute atomic E-state index is 11.9. The van der Waals surface area contributed by atoms with E-state index in [1.807, 2.05) is 0 Å². The number of nitrogens with zero attached hydrogens (tertiary/aromatic N) is 3. The van der Waals surface area contributed by atoms with Crippen LogP contribution in [-0.2, 0) is 7.05 Å². The van der Waals surface area contributed by atoms with Crippen molar-refractivity contribution >= 4 is 11.9 Å². The molecule has 16 heavy (non-hydrogen) atoms. The minimum Gasteiger partial charge on any atom is -0.477 e. The molecule has 0 radical (unpaired) electrons. The first kappa shape index (κ1) is 10.7. The lowest BCUT2D eigenvalue weighted by atomic mass is 10.2. The van der Waals surface area contributed by atoms with Crippen LogP contribution in [0.3, 0.4) is 0 Å². The molecule has 1 N–H and O–H groups in total. The Morgan fingerprint density at radius 3 is 2.44 bits per heavy atom. The van der Waals surface area contributed by atoms with Crippen LogP contribution in [0.4, 0.5) is 0 Å². The first-order valence-electron chi connectivity index (χ1n) is 5.08. The standard InChI is InChI=1S/C10H13N3O3/c1-6-11-7(8(10(15)16)12(6)2)9(14)13-4-3-5-13/h3-5H2,1-2H3,(H,15,16). The highest BCUT2D eigenvalue weighted by Gasteiger charge is 2.30. The zero-order chi connectivity index (χ0) is 11.9. The van der Waals surface area contributed by atoms with E-state index in [4.69, 9.17) is 5.11 Å². The van der Waals surface area contributed by atoms with Crippen LogP contribution in [0.2, 0.25) is 0 Å². The number of imidazole rings is 1. The Labute approximate surface area is 92.5 Å². The van der Waals surface area contributed by atoms with Gasteiger partial charge in [0.05, 0.1) is 0 Å². The molecule has 1 amide bonds. The Morgan fingerprint density at radius 2 is 2.00 bits per heavy atom. The molecular formula is C10H13N3O3. The van der Waals surface area contributed by atoms with Crippen molar-refractivity contribution in [2.75, 3.05) is 13.1 Å². The third-order valence-electron chi connectivity index (χ3n) is 2.87. The van der Waals surface area contributed by atoms with Crippen molar-refractivity contribution in [1.29, 1.82) is 0 Å². The summed E-state index contributed by atoms with van der Waals surface area (Å²) in [5, 5.41) is 9.05. The van der Waals surface area contributed by atoms with Crippen LogP contribution in [0.5, 0.6) is 0 Å². The smallest absolute Gasteiger partial charge is 0.355 e. The van der Waals surface area contributed by atoms with Gasteiger partial charge in [-0.05, 0) is 13.3 Å². The first-order valence-corrected chi connectivity index (χ1v) is 5.08. The second-order valence-corrected chi connectivity index (χ2v) is 3.87. The molecule has 0 unspecified atom stereocenters. The number of hydrogen-bond donors (Lipinski definition) is 1. The number of amides is 1. The Hall–Kier alpha value is -1.85. The Morgan fingerprint density at radius 1 is 1.38 bits per heavy atom. The van der Waals surface area contributed by atoms with E-state index in [9.17, 15) is 9.59 Å². The van der Waals surface area contributed by atoms with Gasteiger partial charge < -0.3 is 14.6 Å². The van der Waals surface area contributed by atoms with Gasteiger partial charge in [-0.1, -0.05) is 0 Å². The summed E-state index contributed by atoms with van der Waals surface area (Å²) in [6.07, 6.45) is 0.972. The number of hydrogen-bond acceptors (Lipinski definition) is 3. The molecule has 0 aromatic carbocycles. The molecule has 0 saturated carbocycles. The maximum Gasteiger partial charge on any atom is 0.355 e. The molecule has 86 valence electrons. The fraction of sp³-hybridized carbons (Fsp3) is 0.500. The van der Waals surface area contributed by atoms with Crippen molar-refractivity contribution in [2.24, 2.45) is 7.05 Å². The van der Waals surface area contributed by atoms with Crippen molar-refractivity contribution in [3.8, 4) is 0 Å². The average Bonchev–Trinajstić information content (AvgIpc) is 2.40. The molecule has 2 rings (SSSR count). The van der Waals surface area contributed by atoms with Gasteiger partial charge in [0.2, 0.25) is 0 Å². The highest BCUT2D eigenvalue weighted by Crippen LogP contribution is 2.16. The zero-order valence-electron chi connectivity index (χ0n) is 9.23. The predicted octanol–water partition coefficient (Wildman–Crippen LogP) is 0.273. The molecule has 1 aromatic rings. The van der Waals surface area contributed by atoms with Crippen LogP contribution < -0.4 is 0 Å². The summed E-state index contributed by atoms with van der Waals surface area (Å²) in [6, 6.07) is 0. The fourth-order valence-corrected chi connectivity index (χ4v) is 1.67. The highest BCUT2D eigenvalue weighted by molar-refractivity contribution is 6.02. The third kappa shape index (κ3) is 1.46. The number of likely N-dealkylation sites (tertiary alicyclic amines) is 1. The van der Waals surface area contributed by atoms with Gasteiger partial charge in [-0.2, -0.15) is 0 Å². The summed E-state index contributed by atoms with van der Waals surface area (Å²) in [7, 11) is 1.60. The van der Waals surface area contributed by atoms with E-state index in [2.05, 4.69) is 4.98 Å². The van der Waals surface area contributed by atoms with Crippen molar-refractivity contribution in [3.63, 3.8) is 0 Å². The predicted molar refractivity (Wildman–Crippen MR) is 55.4 cm³/mol. The van der Waals surface area contributed by atoms with E-state index in [1.54, 1.807) is 18.9 Å². The van der Waals surface area contributed by atoms with Gasteiger partial charge in [-0.3, -0.25) is 4.79 Å². The normalized spacial score (nSPS) is 14.8. The number of aryl methyl sites for hydroxylation is 1. The van der Waals surface area contributed by atoms with Crippen molar-refractivity contribution in [1.82, 2.24) is 14.5 Å². The van der Waals surface area contributed by atoms with E-state index in [1.165, 1.54) is 4.57 Å². The largest absolute Gasteiger partial charge is 0.477 e. The molecule has 0 spiro atoms.